The Bertz CT molecular complexity index is 490. The molecule has 0 bridgehead atoms. The molecule has 0 radical (unpaired) electrons. The number of carbonyl (C=O) groups is 1. The number of amides is 1. The van der Waals surface area contributed by atoms with Crippen molar-refractivity contribution in [1.82, 2.24) is 9.80 Å². The van der Waals surface area contributed by atoms with Gasteiger partial charge < -0.3 is 23.7 Å². The third-order valence-corrected chi connectivity index (χ3v) is 4.59. The van der Waals surface area contributed by atoms with Gasteiger partial charge in [0, 0.05) is 38.7 Å². The number of methoxy groups -OCH3 is 1. The quantitative estimate of drug-likeness (QED) is 0.833. The average Bonchev–Trinajstić information content (AvgIpc) is 3.13. The van der Waals surface area contributed by atoms with Crippen LogP contribution in [0.3, 0.4) is 0 Å². The van der Waals surface area contributed by atoms with E-state index < -0.39 is 0 Å². The predicted molar refractivity (Wildman–Crippen MR) is 80.8 cm³/mol. The molecule has 0 saturated carbocycles. The molecule has 22 heavy (non-hydrogen) atoms. The van der Waals surface area contributed by atoms with Crippen molar-refractivity contribution in [3.63, 3.8) is 0 Å². The van der Waals surface area contributed by atoms with Gasteiger partial charge in [-0.15, -0.1) is 0 Å². The van der Waals surface area contributed by atoms with Crippen molar-refractivity contribution in [2.45, 2.75) is 6.42 Å². The fraction of sp³-hybridized carbons (Fsp3) is 0.688. The lowest BCUT2D eigenvalue weighted by Gasteiger charge is -2.31. The summed E-state index contributed by atoms with van der Waals surface area (Å²) < 4.78 is 16.2. The average molecular weight is 308 g/mol. The minimum Gasteiger partial charge on any atom is -0.459 e. The Hall–Kier alpha value is -1.37. The van der Waals surface area contributed by atoms with E-state index in [4.69, 9.17) is 13.9 Å². The minimum atomic E-state index is -0.0368. The molecule has 1 atom stereocenters. The van der Waals surface area contributed by atoms with Gasteiger partial charge in [-0.05, 0) is 25.1 Å². The smallest absolute Gasteiger partial charge is 0.289 e. The number of hydrogen-bond donors (Lipinski definition) is 0. The third-order valence-electron chi connectivity index (χ3n) is 4.59. The van der Waals surface area contributed by atoms with Crippen LogP contribution in [0.4, 0.5) is 0 Å². The second kappa shape index (κ2) is 6.81. The third kappa shape index (κ3) is 3.34. The SMILES string of the molecule is COCCN1CC[C@@]2(COCCN(C(=O)c3ccco3)C2)C1. The van der Waals surface area contributed by atoms with Crippen LogP contribution in [0.1, 0.15) is 17.0 Å². The van der Waals surface area contributed by atoms with Gasteiger partial charge >= 0.3 is 0 Å². The van der Waals surface area contributed by atoms with Gasteiger partial charge in [0.1, 0.15) is 0 Å². The predicted octanol–water partition coefficient (Wildman–Crippen LogP) is 1.09. The van der Waals surface area contributed by atoms with Crippen LogP contribution in [0, 0.1) is 5.41 Å². The number of likely N-dealkylation sites (tertiary alicyclic amines) is 1. The van der Waals surface area contributed by atoms with Crippen LogP contribution in [0.15, 0.2) is 22.8 Å². The second-order valence-corrected chi connectivity index (χ2v) is 6.28. The molecule has 2 aliphatic heterocycles. The highest BCUT2D eigenvalue weighted by molar-refractivity contribution is 5.91. The summed E-state index contributed by atoms with van der Waals surface area (Å²) in [6.07, 6.45) is 2.60. The van der Waals surface area contributed by atoms with Gasteiger partial charge in [-0.25, -0.2) is 0 Å². The van der Waals surface area contributed by atoms with Crippen molar-refractivity contribution in [3.05, 3.63) is 24.2 Å². The maximum absolute atomic E-state index is 12.6. The first-order chi connectivity index (χ1) is 10.7. The van der Waals surface area contributed by atoms with Crippen molar-refractivity contribution >= 4 is 5.91 Å². The van der Waals surface area contributed by atoms with Crippen LogP contribution >= 0.6 is 0 Å². The van der Waals surface area contributed by atoms with Crippen molar-refractivity contribution in [3.8, 4) is 0 Å². The molecule has 0 aliphatic carbocycles. The van der Waals surface area contributed by atoms with Crippen LogP contribution in [0.5, 0.6) is 0 Å². The Morgan fingerprint density at radius 2 is 2.32 bits per heavy atom. The van der Waals surface area contributed by atoms with E-state index in [9.17, 15) is 4.79 Å². The Balaban J connectivity index is 1.67. The zero-order valence-electron chi connectivity index (χ0n) is 13.1. The molecule has 3 heterocycles. The minimum absolute atomic E-state index is 0.0342. The van der Waals surface area contributed by atoms with Crippen molar-refractivity contribution in [2.75, 3.05) is 59.7 Å². The monoisotopic (exact) mass is 308 g/mol. The van der Waals surface area contributed by atoms with Crippen molar-refractivity contribution < 1.29 is 18.7 Å². The van der Waals surface area contributed by atoms with Gasteiger partial charge in [0.2, 0.25) is 0 Å². The second-order valence-electron chi connectivity index (χ2n) is 6.28. The summed E-state index contributed by atoms with van der Waals surface area (Å²) in [5.41, 5.74) is 0.0342. The number of furan rings is 1. The van der Waals surface area contributed by atoms with Gasteiger partial charge in [0.05, 0.1) is 26.1 Å². The first-order valence-electron chi connectivity index (χ1n) is 7.84. The summed E-state index contributed by atoms with van der Waals surface area (Å²) in [7, 11) is 1.73. The molecular weight excluding hydrogens is 284 g/mol. The summed E-state index contributed by atoms with van der Waals surface area (Å²) in [6, 6.07) is 3.47. The fourth-order valence-corrected chi connectivity index (χ4v) is 3.41. The first kappa shape index (κ1) is 15.5. The van der Waals surface area contributed by atoms with Gasteiger partial charge in [-0.3, -0.25) is 4.79 Å². The number of rotatable bonds is 4. The Morgan fingerprint density at radius 3 is 3.09 bits per heavy atom. The molecule has 2 fully saturated rings. The first-order valence-corrected chi connectivity index (χ1v) is 7.84. The van der Waals surface area contributed by atoms with Gasteiger partial charge in [-0.2, -0.15) is 0 Å². The number of nitrogens with zero attached hydrogens (tertiary/aromatic N) is 2. The Labute approximate surface area is 131 Å². The standard InChI is InChI=1S/C16H24N2O4/c1-20-9-6-17-5-4-16(11-17)12-18(7-10-21-13-16)15(19)14-3-2-8-22-14/h2-3,8H,4-7,9-13H2,1H3/t16-/m1/s1. The van der Waals surface area contributed by atoms with E-state index >= 15 is 0 Å². The molecule has 2 aliphatic rings. The van der Waals surface area contributed by atoms with Gasteiger partial charge in [0.15, 0.2) is 5.76 Å². The largest absolute Gasteiger partial charge is 0.459 e. The summed E-state index contributed by atoms with van der Waals surface area (Å²) in [6.45, 7) is 6.34. The van der Waals surface area contributed by atoms with E-state index in [-0.39, 0.29) is 11.3 Å². The van der Waals surface area contributed by atoms with Crippen LogP contribution in [0.25, 0.3) is 0 Å². The van der Waals surface area contributed by atoms with E-state index in [1.807, 2.05) is 4.90 Å². The zero-order valence-corrected chi connectivity index (χ0v) is 13.1. The molecule has 0 N–H and O–H groups in total. The molecule has 6 heteroatoms. The van der Waals surface area contributed by atoms with Crippen LogP contribution in [-0.2, 0) is 9.47 Å². The van der Waals surface area contributed by atoms with Crippen LogP contribution < -0.4 is 0 Å². The highest BCUT2D eigenvalue weighted by Crippen LogP contribution is 2.33. The summed E-state index contributed by atoms with van der Waals surface area (Å²) in [4.78, 5) is 16.8. The normalized spacial score (nSPS) is 26.5. The Morgan fingerprint density at radius 1 is 1.41 bits per heavy atom. The summed E-state index contributed by atoms with van der Waals surface area (Å²) in [5, 5.41) is 0. The molecule has 1 aromatic heterocycles. The molecule has 1 amide bonds. The highest BCUT2D eigenvalue weighted by Gasteiger charge is 2.42. The highest BCUT2D eigenvalue weighted by atomic mass is 16.5. The lowest BCUT2D eigenvalue weighted by molar-refractivity contribution is 0.0612. The van der Waals surface area contributed by atoms with Crippen LogP contribution in [0.2, 0.25) is 0 Å². The van der Waals surface area contributed by atoms with Crippen molar-refractivity contribution in [2.24, 2.45) is 5.41 Å². The molecule has 0 unspecified atom stereocenters. The van der Waals surface area contributed by atoms with Crippen LogP contribution in [-0.4, -0.2) is 75.4 Å². The van der Waals surface area contributed by atoms with E-state index in [1.165, 1.54) is 0 Å². The Kier molecular flexibility index (Phi) is 4.81. The topological polar surface area (TPSA) is 55.2 Å². The molecule has 0 aromatic carbocycles. The van der Waals surface area contributed by atoms with E-state index in [2.05, 4.69) is 4.90 Å². The molecule has 122 valence electrons. The molecule has 1 aromatic rings. The number of ether oxygens (including phenoxy) is 2. The molecule has 6 nitrogen and oxygen atoms in total. The maximum Gasteiger partial charge on any atom is 0.289 e. The van der Waals surface area contributed by atoms with Gasteiger partial charge in [0.25, 0.3) is 5.91 Å². The molecule has 2 saturated heterocycles. The fourth-order valence-electron chi connectivity index (χ4n) is 3.41. The zero-order chi connectivity index (χ0) is 15.4. The maximum atomic E-state index is 12.6. The molecular formula is C16H24N2O4. The molecule has 3 rings (SSSR count). The van der Waals surface area contributed by atoms with E-state index in [0.717, 1.165) is 45.8 Å². The summed E-state index contributed by atoms with van der Waals surface area (Å²) in [5.74, 6) is 0.372. The van der Waals surface area contributed by atoms with E-state index in [1.54, 1.807) is 25.5 Å². The lowest BCUT2D eigenvalue weighted by atomic mass is 9.87. The lowest BCUT2D eigenvalue weighted by Crippen LogP contribution is -2.43. The van der Waals surface area contributed by atoms with Crippen molar-refractivity contribution in [1.29, 1.82) is 0 Å². The number of carbonyl (C=O) groups excluding carboxylic acids is 1. The summed E-state index contributed by atoms with van der Waals surface area (Å²) >= 11 is 0. The number of hydrogen-bond acceptors (Lipinski definition) is 5. The van der Waals surface area contributed by atoms with E-state index in [0.29, 0.717) is 18.9 Å². The molecule has 1 spiro atoms. The van der Waals surface area contributed by atoms with Gasteiger partial charge in [-0.1, -0.05) is 0 Å².